The second-order valence-corrected chi connectivity index (χ2v) is 3.93. The van der Waals surface area contributed by atoms with E-state index in [0.717, 1.165) is 12.2 Å². The van der Waals surface area contributed by atoms with Gasteiger partial charge in [-0.3, -0.25) is 9.89 Å². The summed E-state index contributed by atoms with van der Waals surface area (Å²) in [5.41, 5.74) is 0. The minimum atomic E-state index is -0.937. The van der Waals surface area contributed by atoms with Gasteiger partial charge in [0.25, 0.3) is 0 Å². The van der Waals surface area contributed by atoms with Crippen LogP contribution in [0.15, 0.2) is 6.33 Å². The molecule has 0 radical (unpaired) electrons. The van der Waals surface area contributed by atoms with Crippen LogP contribution in [0, 0.1) is 0 Å². The molecule has 0 saturated heterocycles. The highest BCUT2D eigenvalue weighted by Gasteiger charge is 2.10. The third-order valence-corrected chi connectivity index (χ3v) is 2.20. The lowest BCUT2D eigenvalue weighted by Crippen LogP contribution is -2.42. The van der Waals surface area contributed by atoms with Crippen LogP contribution in [0.3, 0.4) is 0 Å². The second kappa shape index (κ2) is 7.25. The van der Waals surface area contributed by atoms with E-state index in [1.807, 2.05) is 0 Å². The fraction of sp³-hybridized carbons (Fsp3) is 0.600. The van der Waals surface area contributed by atoms with Crippen molar-refractivity contribution in [3.8, 4) is 0 Å². The molecular weight excluding hydrogens is 238 g/mol. The molecule has 1 rings (SSSR count). The number of aromatic nitrogens is 3. The van der Waals surface area contributed by atoms with Gasteiger partial charge in [-0.05, 0) is 13.3 Å². The van der Waals surface area contributed by atoms with Crippen LogP contribution in [0.4, 0.5) is 4.79 Å². The number of aryl methyl sites for hydroxylation is 1. The molecule has 0 spiro atoms. The molecule has 8 heteroatoms. The topological polar surface area (TPSA) is 120 Å². The van der Waals surface area contributed by atoms with E-state index in [9.17, 15) is 9.59 Å². The fourth-order valence-corrected chi connectivity index (χ4v) is 1.40. The van der Waals surface area contributed by atoms with Gasteiger partial charge in [0.1, 0.15) is 12.2 Å². The molecule has 1 unspecified atom stereocenters. The maximum atomic E-state index is 11.3. The molecule has 100 valence electrons. The van der Waals surface area contributed by atoms with Gasteiger partial charge in [0.05, 0.1) is 6.42 Å². The maximum absolute atomic E-state index is 11.3. The van der Waals surface area contributed by atoms with Crippen LogP contribution in [0.5, 0.6) is 0 Å². The van der Waals surface area contributed by atoms with E-state index < -0.39 is 12.0 Å². The Hall–Kier alpha value is -2.12. The molecule has 0 aliphatic carbocycles. The zero-order chi connectivity index (χ0) is 13.4. The number of carboxylic acid groups (broad SMARTS) is 1. The molecule has 0 bridgehead atoms. The van der Waals surface area contributed by atoms with Crippen LogP contribution >= 0.6 is 0 Å². The van der Waals surface area contributed by atoms with E-state index in [0.29, 0.717) is 13.0 Å². The molecule has 1 aromatic rings. The maximum Gasteiger partial charge on any atom is 0.315 e. The van der Waals surface area contributed by atoms with Crippen LogP contribution in [0.25, 0.3) is 0 Å². The van der Waals surface area contributed by atoms with Gasteiger partial charge in [-0.15, -0.1) is 0 Å². The quantitative estimate of drug-likeness (QED) is 0.507. The Kier molecular flexibility index (Phi) is 5.62. The summed E-state index contributed by atoms with van der Waals surface area (Å²) < 4.78 is 0. The SMILES string of the molecule is CC(CC(=O)O)NC(=O)NCCCc1ncn[nH]1. The standard InChI is InChI=1S/C10H17N5O3/c1-7(5-9(16)17)14-10(18)11-4-2-3-8-12-6-13-15-8/h6-7H,2-5H2,1H3,(H,16,17)(H2,11,14,18)(H,12,13,15). The predicted octanol–water partition coefficient (Wildman–Crippen LogP) is -0.100. The highest BCUT2D eigenvalue weighted by atomic mass is 16.4. The Labute approximate surface area is 104 Å². The smallest absolute Gasteiger partial charge is 0.315 e. The molecule has 4 N–H and O–H groups in total. The zero-order valence-electron chi connectivity index (χ0n) is 10.1. The third kappa shape index (κ3) is 5.83. The number of urea groups is 1. The zero-order valence-corrected chi connectivity index (χ0v) is 10.1. The summed E-state index contributed by atoms with van der Waals surface area (Å²) in [6.45, 7) is 2.13. The van der Waals surface area contributed by atoms with Crippen LogP contribution in [0.2, 0.25) is 0 Å². The number of nitrogens with one attached hydrogen (secondary N) is 3. The Morgan fingerprint density at radius 1 is 1.56 bits per heavy atom. The minimum Gasteiger partial charge on any atom is -0.481 e. The number of H-pyrrole nitrogens is 1. The Balaban J connectivity index is 2.08. The lowest BCUT2D eigenvalue weighted by molar-refractivity contribution is -0.137. The molecule has 0 aliphatic heterocycles. The first-order valence-electron chi connectivity index (χ1n) is 5.68. The van der Waals surface area contributed by atoms with Crippen LogP contribution in [0.1, 0.15) is 25.6 Å². The number of hydrogen-bond donors (Lipinski definition) is 4. The van der Waals surface area contributed by atoms with E-state index in [1.54, 1.807) is 6.92 Å². The van der Waals surface area contributed by atoms with Gasteiger partial charge in [-0.25, -0.2) is 9.78 Å². The molecule has 0 fully saturated rings. The lowest BCUT2D eigenvalue weighted by Gasteiger charge is -2.12. The predicted molar refractivity (Wildman–Crippen MR) is 63.0 cm³/mol. The summed E-state index contributed by atoms with van der Waals surface area (Å²) in [6.07, 6.45) is 2.77. The van der Waals surface area contributed by atoms with Crippen molar-refractivity contribution in [2.75, 3.05) is 6.54 Å². The fourth-order valence-electron chi connectivity index (χ4n) is 1.40. The van der Waals surface area contributed by atoms with Crippen LogP contribution in [-0.2, 0) is 11.2 Å². The van der Waals surface area contributed by atoms with Gasteiger partial charge in [-0.1, -0.05) is 0 Å². The van der Waals surface area contributed by atoms with Crippen LogP contribution < -0.4 is 10.6 Å². The number of rotatable bonds is 7. The summed E-state index contributed by atoms with van der Waals surface area (Å²) >= 11 is 0. The molecule has 2 amide bonds. The molecule has 0 aromatic carbocycles. The van der Waals surface area contributed by atoms with E-state index in [4.69, 9.17) is 5.11 Å². The van der Waals surface area contributed by atoms with Crippen molar-refractivity contribution < 1.29 is 14.7 Å². The first kappa shape index (κ1) is 13.9. The molecule has 18 heavy (non-hydrogen) atoms. The molecule has 0 saturated carbocycles. The monoisotopic (exact) mass is 255 g/mol. The first-order valence-corrected chi connectivity index (χ1v) is 5.68. The number of carbonyl (C=O) groups excluding carboxylic acids is 1. The van der Waals surface area contributed by atoms with Crippen molar-refractivity contribution >= 4 is 12.0 Å². The van der Waals surface area contributed by atoms with E-state index in [1.165, 1.54) is 6.33 Å². The third-order valence-electron chi connectivity index (χ3n) is 2.20. The van der Waals surface area contributed by atoms with Gasteiger partial charge in [-0.2, -0.15) is 5.10 Å². The summed E-state index contributed by atoms with van der Waals surface area (Å²) in [7, 11) is 0. The normalized spacial score (nSPS) is 11.8. The summed E-state index contributed by atoms with van der Waals surface area (Å²) in [5.74, 6) is -0.162. The van der Waals surface area contributed by atoms with E-state index in [2.05, 4.69) is 25.8 Å². The number of aliphatic carboxylic acids is 1. The number of nitrogens with zero attached hydrogens (tertiary/aromatic N) is 2. The van der Waals surface area contributed by atoms with Crippen molar-refractivity contribution in [2.45, 2.75) is 32.2 Å². The van der Waals surface area contributed by atoms with E-state index in [-0.39, 0.29) is 12.5 Å². The molecular formula is C10H17N5O3. The number of hydrogen-bond acceptors (Lipinski definition) is 4. The van der Waals surface area contributed by atoms with Gasteiger partial charge in [0.2, 0.25) is 0 Å². The highest BCUT2D eigenvalue weighted by Crippen LogP contribution is 1.92. The summed E-state index contributed by atoms with van der Waals surface area (Å²) in [6, 6.07) is -0.752. The Bertz CT molecular complexity index is 379. The van der Waals surface area contributed by atoms with Gasteiger partial charge >= 0.3 is 12.0 Å². The summed E-state index contributed by atoms with van der Waals surface area (Å²) in [4.78, 5) is 25.7. The second-order valence-electron chi connectivity index (χ2n) is 3.93. The molecule has 0 aliphatic rings. The van der Waals surface area contributed by atoms with Crippen LogP contribution in [-0.4, -0.2) is 44.9 Å². The Morgan fingerprint density at radius 3 is 2.94 bits per heavy atom. The number of carboxylic acids is 1. The van der Waals surface area contributed by atoms with Gasteiger partial charge < -0.3 is 15.7 Å². The Morgan fingerprint density at radius 2 is 2.33 bits per heavy atom. The highest BCUT2D eigenvalue weighted by molar-refractivity contribution is 5.75. The largest absolute Gasteiger partial charge is 0.481 e. The van der Waals surface area contributed by atoms with Crippen molar-refractivity contribution in [2.24, 2.45) is 0 Å². The van der Waals surface area contributed by atoms with Crippen molar-refractivity contribution in [1.29, 1.82) is 0 Å². The molecule has 1 atom stereocenters. The van der Waals surface area contributed by atoms with Crippen molar-refractivity contribution in [1.82, 2.24) is 25.8 Å². The molecule has 8 nitrogen and oxygen atoms in total. The lowest BCUT2D eigenvalue weighted by atomic mass is 10.2. The average molecular weight is 255 g/mol. The summed E-state index contributed by atoms with van der Waals surface area (Å²) in [5, 5.41) is 20.1. The van der Waals surface area contributed by atoms with Crippen molar-refractivity contribution in [3.63, 3.8) is 0 Å². The molecule has 1 aromatic heterocycles. The number of carbonyl (C=O) groups is 2. The molecule has 1 heterocycles. The van der Waals surface area contributed by atoms with Gasteiger partial charge in [0, 0.05) is 19.0 Å². The average Bonchev–Trinajstić information content (AvgIpc) is 2.75. The minimum absolute atomic E-state index is 0.0918. The van der Waals surface area contributed by atoms with Gasteiger partial charge in [0.15, 0.2) is 0 Å². The number of aromatic amines is 1. The van der Waals surface area contributed by atoms with Crippen molar-refractivity contribution in [3.05, 3.63) is 12.2 Å². The first-order chi connectivity index (χ1) is 8.58. The van der Waals surface area contributed by atoms with E-state index >= 15 is 0 Å². The number of amides is 2.